The Bertz CT molecular complexity index is 408. The van der Waals surface area contributed by atoms with Crippen LogP contribution in [0, 0.1) is 0 Å². The van der Waals surface area contributed by atoms with Crippen molar-refractivity contribution in [2.24, 2.45) is 10.9 Å². The Morgan fingerprint density at radius 2 is 2.06 bits per heavy atom. The first kappa shape index (κ1) is 13.0. The van der Waals surface area contributed by atoms with Gasteiger partial charge in [0.1, 0.15) is 0 Å². The van der Waals surface area contributed by atoms with Gasteiger partial charge in [-0.15, -0.1) is 0 Å². The van der Waals surface area contributed by atoms with Crippen LogP contribution in [-0.4, -0.2) is 33.8 Å². The molecule has 1 aromatic rings. The van der Waals surface area contributed by atoms with Crippen LogP contribution in [-0.2, 0) is 0 Å². The third-order valence-electron chi connectivity index (χ3n) is 1.64. The van der Waals surface area contributed by atoms with Crippen molar-refractivity contribution in [3.8, 4) is 5.88 Å². The fraction of sp³-hybridized carbons (Fsp3) is 0.375. The van der Waals surface area contributed by atoms with Crippen molar-refractivity contribution in [2.75, 3.05) is 6.61 Å². The van der Waals surface area contributed by atoms with E-state index in [-0.39, 0.29) is 17.4 Å². The molecule has 94 valence electrons. The van der Waals surface area contributed by atoms with Gasteiger partial charge in [-0.1, -0.05) is 5.16 Å². The molecular weight excluding hydrogens is 241 g/mol. The molecule has 0 fully saturated rings. The summed E-state index contributed by atoms with van der Waals surface area (Å²) in [4.78, 5) is 7.32. The molecule has 0 aliphatic rings. The van der Waals surface area contributed by atoms with Crippen molar-refractivity contribution in [1.82, 2.24) is 9.97 Å². The zero-order valence-corrected chi connectivity index (χ0v) is 8.48. The first-order valence-electron chi connectivity index (χ1n) is 4.42. The molecule has 0 unspecified atom stereocenters. The molecular formula is C8H9F3N4O2. The fourth-order valence-corrected chi connectivity index (χ4v) is 0.917. The highest BCUT2D eigenvalue weighted by atomic mass is 19.4. The van der Waals surface area contributed by atoms with Gasteiger partial charge in [0.05, 0.1) is 13.0 Å². The molecule has 0 aromatic carbocycles. The van der Waals surface area contributed by atoms with Gasteiger partial charge in [0, 0.05) is 12.4 Å². The smallest absolute Gasteiger partial charge is 0.392 e. The van der Waals surface area contributed by atoms with E-state index in [0.717, 1.165) is 0 Å². The molecule has 1 heterocycles. The number of hydrogen-bond acceptors (Lipinski definition) is 5. The molecule has 17 heavy (non-hydrogen) atoms. The van der Waals surface area contributed by atoms with Crippen LogP contribution < -0.4 is 10.5 Å². The molecule has 1 aromatic heterocycles. The first-order chi connectivity index (χ1) is 7.94. The third-order valence-corrected chi connectivity index (χ3v) is 1.64. The number of amidine groups is 1. The molecule has 6 nitrogen and oxygen atoms in total. The maximum Gasteiger partial charge on any atom is 0.392 e. The van der Waals surface area contributed by atoms with Gasteiger partial charge in [-0.05, 0) is 0 Å². The Morgan fingerprint density at radius 3 is 2.65 bits per heavy atom. The SMILES string of the molecule is NC(=NO)c1nccnc1OCCC(F)(F)F. The molecule has 0 bridgehead atoms. The van der Waals surface area contributed by atoms with Crippen LogP contribution in [0.3, 0.4) is 0 Å². The van der Waals surface area contributed by atoms with E-state index in [1.807, 2.05) is 0 Å². The molecule has 0 atom stereocenters. The average molecular weight is 250 g/mol. The van der Waals surface area contributed by atoms with Gasteiger partial charge in [0.15, 0.2) is 11.5 Å². The van der Waals surface area contributed by atoms with Crippen LogP contribution in [0.5, 0.6) is 5.88 Å². The van der Waals surface area contributed by atoms with Crippen molar-refractivity contribution in [3.05, 3.63) is 18.1 Å². The lowest BCUT2D eigenvalue weighted by Crippen LogP contribution is -2.19. The van der Waals surface area contributed by atoms with E-state index in [2.05, 4.69) is 15.1 Å². The number of nitrogens with two attached hydrogens (primary N) is 1. The third kappa shape index (κ3) is 4.13. The monoisotopic (exact) mass is 250 g/mol. The highest BCUT2D eigenvalue weighted by Crippen LogP contribution is 2.20. The van der Waals surface area contributed by atoms with Crippen molar-refractivity contribution >= 4 is 5.84 Å². The van der Waals surface area contributed by atoms with E-state index in [1.54, 1.807) is 0 Å². The summed E-state index contributed by atoms with van der Waals surface area (Å²) < 4.78 is 40.4. The van der Waals surface area contributed by atoms with Gasteiger partial charge in [-0.25, -0.2) is 9.97 Å². The van der Waals surface area contributed by atoms with Crippen LogP contribution >= 0.6 is 0 Å². The van der Waals surface area contributed by atoms with Crippen LogP contribution in [0.4, 0.5) is 13.2 Å². The number of alkyl halides is 3. The first-order valence-corrected chi connectivity index (χ1v) is 4.42. The van der Waals surface area contributed by atoms with E-state index >= 15 is 0 Å². The van der Waals surface area contributed by atoms with Crippen LogP contribution in [0.15, 0.2) is 17.5 Å². The summed E-state index contributed by atoms with van der Waals surface area (Å²) in [5.41, 5.74) is 5.13. The molecule has 0 amide bonds. The van der Waals surface area contributed by atoms with Crippen LogP contribution in [0.2, 0.25) is 0 Å². The number of halogens is 3. The van der Waals surface area contributed by atoms with E-state index in [4.69, 9.17) is 15.7 Å². The van der Waals surface area contributed by atoms with Crippen molar-refractivity contribution in [3.63, 3.8) is 0 Å². The zero-order chi connectivity index (χ0) is 12.9. The van der Waals surface area contributed by atoms with Gasteiger partial charge in [0.25, 0.3) is 0 Å². The topological polar surface area (TPSA) is 93.6 Å². The summed E-state index contributed by atoms with van der Waals surface area (Å²) in [6.45, 7) is -0.617. The minimum Gasteiger partial charge on any atom is -0.476 e. The normalized spacial score (nSPS) is 12.5. The number of nitrogens with zero attached hydrogens (tertiary/aromatic N) is 3. The van der Waals surface area contributed by atoms with E-state index in [0.29, 0.717) is 0 Å². The molecule has 3 N–H and O–H groups in total. The molecule has 0 spiro atoms. The number of ether oxygens (including phenoxy) is 1. The Labute approximate surface area is 93.9 Å². The lowest BCUT2D eigenvalue weighted by molar-refractivity contribution is -0.139. The Balaban J connectivity index is 2.71. The zero-order valence-electron chi connectivity index (χ0n) is 8.48. The molecule has 1 rings (SSSR count). The number of aromatic nitrogens is 2. The lowest BCUT2D eigenvalue weighted by Gasteiger charge is -2.09. The Kier molecular flexibility index (Phi) is 4.07. The highest BCUT2D eigenvalue weighted by molar-refractivity contribution is 5.97. The van der Waals surface area contributed by atoms with Gasteiger partial charge in [-0.3, -0.25) is 0 Å². The largest absolute Gasteiger partial charge is 0.476 e. The summed E-state index contributed by atoms with van der Waals surface area (Å²) in [6.07, 6.45) is -2.99. The van der Waals surface area contributed by atoms with E-state index < -0.39 is 19.2 Å². The molecule has 9 heteroatoms. The fourth-order valence-electron chi connectivity index (χ4n) is 0.917. The van der Waals surface area contributed by atoms with Gasteiger partial charge < -0.3 is 15.7 Å². The second-order valence-electron chi connectivity index (χ2n) is 2.91. The standard InChI is InChI=1S/C8H9F3N4O2/c9-8(10,11)1-4-17-7-5(6(12)15-16)13-2-3-14-7/h2-3,16H,1,4H2,(H2,12,15). The number of rotatable bonds is 4. The van der Waals surface area contributed by atoms with Crippen molar-refractivity contribution in [1.29, 1.82) is 0 Å². The highest BCUT2D eigenvalue weighted by Gasteiger charge is 2.27. The van der Waals surface area contributed by atoms with E-state index in [1.165, 1.54) is 12.4 Å². The van der Waals surface area contributed by atoms with Gasteiger partial charge in [-0.2, -0.15) is 13.2 Å². The summed E-state index contributed by atoms with van der Waals surface area (Å²) >= 11 is 0. The molecule has 0 saturated carbocycles. The van der Waals surface area contributed by atoms with Crippen molar-refractivity contribution < 1.29 is 23.1 Å². The molecule has 0 aliphatic carbocycles. The predicted octanol–water partition coefficient (Wildman–Crippen LogP) is 0.902. The second kappa shape index (κ2) is 5.32. The lowest BCUT2D eigenvalue weighted by atomic mass is 10.4. The van der Waals surface area contributed by atoms with Crippen LogP contribution in [0.1, 0.15) is 12.1 Å². The van der Waals surface area contributed by atoms with Gasteiger partial charge >= 0.3 is 6.18 Å². The summed E-state index contributed by atoms with van der Waals surface area (Å²) in [6, 6.07) is 0. The average Bonchev–Trinajstić information content (AvgIpc) is 2.27. The molecule has 0 saturated heterocycles. The van der Waals surface area contributed by atoms with Crippen LogP contribution in [0.25, 0.3) is 0 Å². The Morgan fingerprint density at radius 1 is 1.41 bits per heavy atom. The predicted molar refractivity (Wildman–Crippen MR) is 50.7 cm³/mol. The summed E-state index contributed by atoms with van der Waals surface area (Å²) in [5.74, 6) is -0.604. The number of oxime groups is 1. The maximum absolute atomic E-state index is 11.9. The summed E-state index contributed by atoms with van der Waals surface area (Å²) in [7, 11) is 0. The minimum atomic E-state index is -4.32. The summed E-state index contributed by atoms with van der Waals surface area (Å²) in [5, 5.41) is 11.1. The van der Waals surface area contributed by atoms with E-state index in [9.17, 15) is 13.2 Å². The Hall–Kier alpha value is -2.06. The second-order valence-corrected chi connectivity index (χ2v) is 2.91. The van der Waals surface area contributed by atoms with Gasteiger partial charge in [0.2, 0.25) is 5.88 Å². The number of hydrogen-bond donors (Lipinski definition) is 2. The quantitative estimate of drug-likeness (QED) is 0.358. The maximum atomic E-state index is 11.9. The molecule has 0 aliphatic heterocycles. The van der Waals surface area contributed by atoms with Crippen molar-refractivity contribution in [2.45, 2.75) is 12.6 Å². The minimum absolute atomic E-state index is 0.114. The molecule has 0 radical (unpaired) electrons.